The van der Waals surface area contributed by atoms with Crippen molar-refractivity contribution in [1.29, 1.82) is 0 Å². The average Bonchev–Trinajstić information content (AvgIpc) is 2.87. The second-order valence-corrected chi connectivity index (χ2v) is 10.1. The third-order valence-electron chi connectivity index (χ3n) is 4.74. The van der Waals surface area contributed by atoms with Gasteiger partial charge in [0.15, 0.2) is 11.5 Å². The first kappa shape index (κ1) is 27.0. The summed E-state index contributed by atoms with van der Waals surface area (Å²) >= 11 is 3.35. The highest BCUT2D eigenvalue weighted by atomic mass is 79.9. The molecule has 0 radical (unpaired) electrons. The molecule has 10 heteroatoms. The van der Waals surface area contributed by atoms with E-state index in [1.54, 1.807) is 66.7 Å². The summed E-state index contributed by atoms with van der Waals surface area (Å²) in [6, 6.07) is 19.9. The highest BCUT2D eigenvalue weighted by molar-refractivity contribution is 9.10. The van der Waals surface area contributed by atoms with E-state index in [9.17, 15) is 13.2 Å². The molecular weight excluding hydrogens is 546 g/mol. The van der Waals surface area contributed by atoms with E-state index in [-0.39, 0.29) is 4.90 Å². The van der Waals surface area contributed by atoms with E-state index < -0.39 is 22.5 Å². The van der Waals surface area contributed by atoms with E-state index in [4.69, 9.17) is 9.47 Å². The van der Waals surface area contributed by atoms with Crippen LogP contribution in [-0.4, -0.2) is 40.3 Å². The number of hydrogen-bond donors (Lipinski definition) is 1. The van der Waals surface area contributed by atoms with Crippen LogP contribution in [0.2, 0.25) is 0 Å². The third kappa shape index (κ3) is 7.19. The summed E-state index contributed by atoms with van der Waals surface area (Å²) in [4.78, 5) is 12.8. The molecule has 0 heterocycles. The largest absolute Gasteiger partial charge is 0.490 e. The van der Waals surface area contributed by atoms with Gasteiger partial charge in [-0.15, -0.1) is 0 Å². The number of carbonyl (C=O) groups excluding carboxylic acids is 1. The first-order chi connectivity index (χ1) is 17.3. The van der Waals surface area contributed by atoms with E-state index in [2.05, 4.69) is 33.0 Å². The Bertz CT molecular complexity index is 1330. The molecule has 8 nitrogen and oxygen atoms in total. The predicted octanol–water partition coefficient (Wildman–Crippen LogP) is 4.76. The Hall–Kier alpha value is -3.63. The Kier molecular flexibility index (Phi) is 9.66. The molecule has 0 spiro atoms. The van der Waals surface area contributed by atoms with Crippen LogP contribution in [0.1, 0.15) is 12.5 Å². The molecule has 0 saturated heterocycles. The molecule has 0 saturated carbocycles. The molecule has 3 aromatic rings. The molecule has 0 aliphatic rings. The number of nitrogens with zero attached hydrogens (tertiary/aromatic N) is 2. The number of halogens is 1. The lowest BCUT2D eigenvalue weighted by molar-refractivity contribution is -0.119. The standard InChI is InChI=1S/C26H26BrN3O5S/c1-3-15-35-24-14-13-20(16-25(24)34-4-2)18-28-29-26(31)19-30(22-10-8-9-21(27)17-22)36(32,33)23-11-6-5-7-12-23/h3,5-14,16-18H,1,4,15,19H2,2H3,(H,29,31)/b28-18-. The second-order valence-electron chi connectivity index (χ2n) is 7.34. The summed E-state index contributed by atoms with van der Waals surface area (Å²) in [6.45, 7) is 5.81. The highest BCUT2D eigenvalue weighted by Crippen LogP contribution is 2.28. The van der Waals surface area contributed by atoms with E-state index in [1.807, 2.05) is 6.92 Å². The number of hydrogen-bond acceptors (Lipinski definition) is 6. The number of benzene rings is 3. The fraction of sp³-hybridized carbons (Fsp3) is 0.154. The van der Waals surface area contributed by atoms with Gasteiger partial charge in [0.1, 0.15) is 13.2 Å². The summed E-state index contributed by atoms with van der Waals surface area (Å²) in [6.07, 6.45) is 3.07. The molecule has 0 aliphatic heterocycles. The van der Waals surface area contributed by atoms with Gasteiger partial charge in [-0.2, -0.15) is 5.10 Å². The highest BCUT2D eigenvalue weighted by Gasteiger charge is 2.27. The summed E-state index contributed by atoms with van der Waals surface area (Å²) in [5.41, 5.74) is 3.39. The molecule has 0 aliphatic carbocycles. The number of rotatable bonds is 12. The van der Waals surface area contributed by atoms with Crippen LogP contribution in [-0.2, 0) is 14.8 Å². The van der Waals surface area contributed by atoms with Crippen LogP contribution in [0.4, 0.5) is 5.69 Å². The van der Waals surface area contributed by atoms with Crippen molar-refractivity contribution in [3.63, 3.8) is 0 Å². The van der Waals surface area contributed by atoms with Crippen molar-refractivity contribution in [2.75, 3.05) is 24.1 Å². The van der Waals surface area contributed by atoms with Gasteiger partial charge in [-0.3, -0.25) is 9.10 Å². The first-order valence-corrected chi connectivity index (χ1v) is 13.2. The molecule has 188 valence electrons. The van der Waals surface area contributed by atoms with Crippen LogP contribution in [0.3, 0.4) is 0 Å². The number of hydrazone groups is 1. The zero-order valence-electron chi connectivity index (χ0n) is 19.6. The van der Waals surface area contributed by atoms with Crippen molar-refractivity contribution in [3.05, 3.63) is 95.5 Å². The summed E-state index contributed by atoms with van der Waals surface area (Å²) in [7, 11) is -4.01. The Labute approximate surface area is 219 Å². The van der Waals surface area contributed by atoms with Gasteiger partial charge in [0, 0.05) is 4.47 Å². The van der Waals surface area contributed by atoms with Crippen molar-refractivity contribution >= 4 is 43.8 Å². The van der Waals surface area contributed by atoms with E-state index in [1.165, 1.54) is 18.3 Å². The SMILES string of the molecule is C=CCOc1ccc(/C=N\NC(=O)CN(c2cccc(Br)c2)S(=O)(=O)c2ccccc2)cc1OCC. The molecule has 0 unspecified atom stereocenters. The molecule has 1 N–H and O–H groups in total. The van der Waals surface area contributed by atoms with Crippen molar-refractivity contribution in [1.82, 2.24) is 5.43 Å². The molecule has 0 bridgehead atoms. The van der Waals surface area contributed by atoms with Gasteiger partial charge in [0.25, 0.3) is 15.9 Å². The minimum atomic E-state index is -4.01. The molecule has 3 rings (SSSR count). The minimum absolute atomic E-state index is 0.0727. The zero-order chi connectivity index (χ0) is 26.0. The molecule has 0 aromatic heterocycles. The van der Waals surface area contributed by atoms with Crippen LogP contribution in [0.25, 0.3) is 0 Å². The fourth-order valence-electron chi connectivity index (χ4n) is 3.15. The maximum atomic E-state index is 13.3. The second kappa shape index (κ2) is 12.9. The maximum absolute atomic E-state index is 13.3. The fourth-order valence-corrected chi connectivity index (χ4v) is 4.97. The number of amides is 1. The third-order valence-corrected chi connectivity index (χ3v) is 7.02. The number of sulfonamides is 1. The van der Waals surface area contributed by atoms with E-state index in [0.29, 0.717) is 40.4 Å². The Morgan fingerprint density at radius 2 is 1.83 bits per heavy atom. The summed E-state index contributed by atoms with van der Waals surface area (Å²) in [5, 5.41) is 3.99. The number of anilines is 1. The quantitative estimate of drug-likeness (QED) is 0.192. The van der Waals surface area contributed by atoms with Gasteiger partial charge in [0.2, 0.25) is 0 Å². The van der Waals surface area contributed by atoms with Gasteiger partial charge in [-0.25, -0.2) is 13.8 Å². The van der Waals surface area contributed by atoms with Crippen LogP contribution >= 0.6 is 15.9 Å². The minimum Gasteiger partial charge on any atom is -0.490 e. The van der Waals surface area contributed by atoms with Crippen molar-refractivity contribution < 1.29 is 22.7 Å². The van der Waals surface area contributed by atoms with Crippen LogP contribution < -0.4 is 19.2 Å². The number of nitrogens with one attached hydrogen (secondary N) is 1. The van der Waals surface area contributed by atoms with Crippen LogP contribution in [0, 0.1) is 0 Å². The summed E-state index contributed by atoms with van der Waals surface area (Å²) < 4.78 is 39.6. The zero-order valence-corrected chi connectivity index (χ0v) is 22.0. The Balaban J connectivity index is 1.77. The van der Waals surface area contributed by atoms with Crippen molar-refractivity contribution in [2.24, 2.45) is 5.10 Å². The van der Waals surface area contributed by atoms with Gasteiger partial charge in [0.05, 0.1) is 23.4 Å². The molecular formula is C26H26BrN3O5S. The topological polar surface area (TPSA) is 97.3 Å². The maximum Gasteiger partial charge on any atom is 0.264 e. The van der Waals surface area contributed by atoms with Gasteiger partial charge >= 0.3 is 0 Å². The lowest BCUT2D eigenvalue weighted by Gasteiger charge is -2.23. The summed E-state index contributed by atoms with van der Waals surface area (Å²) in [5.74, 6) is 0.486. The number of carbonyl (C=O) groups is 1. The molecule has 1 amide bonds. The Morgan fingerprint density at radius 3 is 2.53 bits per heavy atom. The molecule has 3 aromatic carbocycles. The van der Waals surface area contributed by atoms with Crippen molar-refractivity contribution in [3.8, 4) is 11.5 Å². The van der Waals surface area contributed by atoms with Crippen molar-refractivity contribution in [2.45, 2.75) is 11.8 Å². The molecule has 36 heavy (non-hydrogen) atoms. The van der Waals surface area contributed by atoms with Gasteiger partial charge < -0.3 is 9.47 Å². The first-order valence-electron chi connectivity index (χ1n) is 11.0. The van der Waals surface area contributed by atoms with Crippen LogP contribution in [0.5, 0.6) is 11.5 Å². The smallest absolute Gasteiger partial charge is 0.264 e. The lowest BCUT2D eigenvalue weighted by atomic mass is 10.2. The normalized spacial score (nSPS) is 11.2. The number of ether oxygens (including phenoxy) is 2. The molecule has 0 atom stereocenters. The van der Waals surface area contributed by atoms with Gasteiger partial charge in [-0.05, 0) is 61.0 Å². The van der Waals surface area contributed by atoms with E-state index in [0.717, 1.165) is 4.31 Å². The lowest BCUT2D eigenvalue weighted by Crippen LogP contribution is -2.39. The average molecular weight is 572 g/mol. The van der Waals surface area contributed by atoms with Gasteiger partial charge in [-0.1, -0.05) is 52.9 Å². The van der Waals surface area contributed by atoms with E-state index >= 15 is 0 Å². The monoisotopic (exact) mass is 571 g/mol. The van der Waals surface area contributed by atoms with Crippen LogP contribution in [0.15, 0.2) is 99.9 Å². The molecule has 0 fully saturated rings. The Morgan fingerprint density at radius 1 is 1.06 bits per heavy atom. The predicted molar refractivity (Wildman–Crippen MR) is 144 cm³/mol.